The second-order valence-corrected chi connectivity index (χ2v) is 6.83. The van der Waals surface area contributed by atoms with Gasteiger partial charge in [-0.05, 0) is 36.8 Å². The molecule has 2 aromatic carbocycles. The standard InChI is InChI=1S/C19H17ClN4O4/c1-19(12-6-4-5-11(9-12)16(21)26)17(27)24(18(28)23-19)10-15(25)22-14-8-3-2-7-13(14)20/h2-9H,10H2,1H3,(H2,21,26)(H,22,25)(H,23,28)/t19-/m0/s1. The maximum atomic E-state index is 12.9. The third-order valence-corrected chi connectivity index (χ3v) is 4.78. The zero-order valence-electron chi connectivity index (χ0n) is 14.9. The van der Waals surface area contributed by atoms with E-state index in [0.29, 0.717) is 16.3 Å². The molecule has 1 fully saturated rings. The number of benzene rings is 2. The number of urea groups is 1. The molecule has 9 heteroatoms. The predicted octanol–water partition coefficient (Wildman–Crippen LogP) is 1.84. The van der Waals surface area contributed by atoms with Crippen LogP contribution in [-0.4, -0.2) is 35.2 Å². The number of rotatable bonds is 5. The normalized spacial score (nSPS) is 18.7. The Bertz CT molecular complexity index is 993. The molecule has 8 nitrogen and oxygen atoms in total. The molecule has 1 aliphatic rings. The van der Waals surface area contributed by atoms with E-state index in [4.69, 9.17) is 17.3 Å². The maximum absolute atomic E-state index is 12.9. The van der Waals surface area contributed by atoms with Crippen LogP contribution in [0.1, 0.15) is 22.8 Å². The number of anilines is 1. The van der Waals surface area contributed by atoms with Crippen LogP contribution in [0.15, 0.2) is 48.5 Å². The average Bonchev–Trinajstić information content (AvgIpc) is 2.88. The van der Waals surface area contributed by atoms with Crippen molar-refractivity contribution in [1.82, 2.24) is 10.2 Å². The molecule has 0 spiro atoms. The number of hydrogen-bond donors (Lipinski definition) is 3. The summed E-state index contributed by atoms with van der Waals surface area (Å²) in [6.07, 6.45) is 0. The van der Waals surface area contributed by atoms with Crippen LogP contribution in [0.5, 0.6) is 0 Å². The van der Waals surface area contributed by atoms with Gasteiger partial charge in [-0.25, -0.2) is 4.79 Å². The summed E-state index contributed by atoms with van der Waals surface area (Å²) in [5, 5.41) is 5.47. The Morgan fingerprint density at radius 3 is 2.57 bits per heavy atom. The van der Waals surface area contributed by atoms with Gasteiger partial charge in [0.05, 0.1) is 10.7 Å². The van der Waals surface area contributed by atoms with Crippen molar-refractivity contribution in [3.63, 3.8) is 0 Å². The summed E-state index contributed by atoms with van der Waals surface area (Å²) < 4.78 is 0. The molecule has 1 aliphatic heterocycles. The largest absolute Gasteiger partial charge is 0.366 e. The van der Waals surface area contributed by atoms with E-state index in [1.165, 1.54) is 19.1 Å². The highest BCUT2D eigenvalue weighted by Crippen LogP contribution is 2.29. The molecule has 1 atom stereocenters. The van der Waals surface area contributed by atoms with Gasteiger partial charge in [0.15, 0.2) is 0 Å². The van der Waals surface area contributed by atoms with Crippen molar-refractivity contribution < 1.29 is 19.2 Å². The molecule has 4 N–H and O–H groups in total. The van der Waals surface area contributed by atoms with Gasteiger partial charge in [0.2, 0.25) is 11.8 Å². The zero-order chi connectivity index (χ0) is 20.5. The summed E-state index contributed by atoms with van der Waals surface area (Å²) in [6.45, 7) is 1.01. The van der Waals surface area contributed by atoms with Crippen LogP contribution in [0.4, 0.5) is 10.5 Å². The van der Waals surface area contributed by atoms with Crippen LogP contribution < -0.4 is 16.4 Å². The highest BCUT2D eigenvalue weighted by Gasteiger charge is 2.49. The van der Waals surface area contributed by atoms with Crippen LogP contribution >= 0.6 is 11.6 Å². The minimum absolute atomic E-state index is 0.204. The SMILES string of the molecule is C[C@@]1(c2cccc(C(N)=O)c2)NC(=O)N(CC(=O)Nc2ccccc2Cl)C1=O. The van der Waals surface area contributed by atoms with E-state index >= 15 is 0 Å². The van der Waals surface area contributed by atoms with Gasteiger partial charge in [-0.1, -0.05) is 35.9 Å². The number of halogens is 1. The number of carbonyl (C=O) groups is 4. The van der Waals surface area contributed by atoms with Crippen LogP contribution in [0.2, 0.25) is 5.02 Å². The van der Waals surface area contributed by atoms with Crippen LogP contribution in [0, 0.1) is 0 Å². The highest BCUT2D eigenvalue weighted by atomic mass is 35.5. The number of imide groups is 1. The van der Waals surface area contributed by atoms with E-state index in [1.807, 2.05) is 0 Å². The summed E-state index contributed by atoms with van der Waals surface area (Å²) in [5.74, 6) is -1.85. The lowest BCUT2D eigenvalue weighted by Crippen LogP contribution is -2.42. The van der Waals surface area contributed by atoms with E-state index in [0.717, 1.165) is 4.90 Å². The average molecular weight is 401 g/mol. The lowest BCUT2D eigenvalue weighted by Gasteiger charge is -2.22. The van der Waals surface area contributed by atoms with Crippen LogP contribution in [-0.2, 0) is 15.1 Å². The van der Waals surface area contributed by atoms with Gasteiger partial charge in [0, 0.05) is 5.56 Å². The first-order chi connectivity index (χ1) is 13.2. The minimum atomic E-state index is -1.42. The third-order valence-electron chi connectivity index (χ3n) is 4.45. The molecule has 0 radical (unpaired) electrons. The first-order valence-electron chi connectivity index (χ1n) is 8.31. The van der Waals surface area contributed by atoms with Crippen molar-refractivity contribution >= 4 is 41.0 Å². The smallest absolute Gasteiger partial charge is 0.325 e. The Morgan fingerprint density at radius 1 is 1.18 bits per heavy atom. The molecule has 28 heavy (non-hydrogen) atoms. The minimum Gasteiger partial charge on any atom is -0.366 e. The first kappa shape index (κ1) is 19.4. The van der Waals surface area contributed by atoms with Crippen LogP contribution in [0.25, 0.3) is 0 Å². The number of amides is 5. The van der Waals surface area contributed by atoms with Crippen molar-refractivity contribution in [1.29, 1.82) is 0 Å². The van der Waals surface area contributed by atoms with E-state index in [2.05, 4.69) is 10.6 Å². The molecule has 0 aliphatic carbocycles. The fourth-order valence-electron chi connectivity index (χ4n) is 2.92. The van der Waals surface area contributed by atoms with E-state index in [1.54, 1.807) is 36.4 Å². The third kappa shape index (κ3) is 3.54. The van der Waals surface area contributed by atoms with E-state index in [-0.39, 0.29) is 5.56 Å². The molecule has 1 heterocycles. The Hall–Kier alpha value is -3.39. The molecule has 1 saturated heterocycles. The fourth-order valence-corrected chi connectivity index (χ4v) is 3.10. The van der Waals surface area contributed by atoms with Crippen molar-refractivity contribution in [3.8, 4) is 0 Å². The number of carbonyl (C=O) groups excluding carboxylic acids is 4. The summed E-state index contributed by atoms with van der Waals surface area (Å²) >= 11 is 6.00. The van der Waals surface area contributed by atoms with Gasteiger partial charge < -0.3 is 16.4 Å². The van der Waals surface area contributed by atoms with Crippen molar-refractivity contribution in [3.05, 3.63) is 64.7 Å². The Kier molecular flexibility index (Phi) is 5.06. The molecule has 0 aromatic heterocycles. The number of hydrogen-bond acceptors (Lipinski definition) is 4. The molecular formula is C19H17ClN4O4. The second kappa shape index (κ2) is 7.32. The monoisotopic (exact) mass is 400 g/mol. The van der Waals surface area contributed by atoms with Crippen molar-refractivity contribution in [2.75, 3.05) is 11.9 Å². The molecule has 0 unspecified atom stereocenters. The topological polar surface area (TPSA) is 122 Å². The number of primary amides is 1. The number of nitrogens with one attached hydrogen (secondary N) is 2. The molecule has 0 saturated carbocycles. The van der Waals surface area contributed by atoms with Gasteiger partial charge in [-0.2, -0.15) is 0 Å². The number of nitrogens with zero attached hydrogens (tertiary/aromatic N) is 1. The second-order valence-electron chi connectivity index (χ2n) is 6.42. The highest BCUT2D eigenvalue weighted by molar-refractivity contribution is 6.33. The Balaban J connectivity index is 1.79. The number of para-hydroxylation sites is 1. The lowest BCUT2D eigenvalue weighted by molar-refractivity contribution is -0.133. The van der Waals surface area contributed by atoms with Crippen LogP contribution in [0.3, 0.4) is 0 Å². The van der Waals surface area contributed by atoms with E-state index in [9.17, 15) is 19.2 Å². The molecule has 3 rings (SSSR count). The lowest BCUT2D eigenvalue weighted by atomic mass is 9.90. The van der Waals surface area contributed by atoms with Gasteiger partial charge >= 0.3 is 6.03 Å². The quantitative estimate of drug-likeness (QED) is 0.663. The predicted molar refractivity (Wildman–Crippen MR) is 103 cm³/mol. The molecule has 0 bridgehead atoms. The Morgan fingerprint density at radius 2 is 1.89 bits per heavy atom. The van der Waals surface area contributed by atoms with Gasteiger partial charge in [0.1, 0.15) is 12.1 Å². The van der Waals surface area contributed by atoms with Gasteiger partial charge in [-0.3, -0.25) is 19.3 Å². The summed E-state index contributed by atoms with van der Waals surface area (Å²) in [5.41, 5.74) is 4.82. The Labute approximate surface area is 165 Å². The molecule has 144 valence electrons. The molecule has 5 amide bonds. The van der Waals surface area contributed by atoms with Crippen molar-refractivity contribution in [2.45, 2.75) is 12.5 Å². The van der Waals surface area contributed by atoms with Gasteiger partial charge in [-0.15, -0.1) is 0 Å². The number of nitrogens with two attached hydrogens (primary N) is 1. The van der Waals surface area contributed by atoms with E-state index < -0.39 is 35.8 Å². The zero-order valence-corrected chi connectivity index (χ0v) is 15.6. The molecule has 2 aromatic rings. The van der Waals surface area contributed by atoms with Crippen molar-refractivity contribution in [2.24, 2.45) is 5.73 Å². The van der Waals surface area contributed by atoms with Gasteiger partial charge in [0.25, 0.3) is 5.91 Å². The summed E-state index contributed by atoms with van der Waals surface area (Å²) in [6, 6.07) is 12.0. The fraction of sp³-hybridized carbons (Fsp3) is 0.158. The summed E-state index contributed by atoms with van der Waals surface area (Å²) in [4.78, 5) is 49.7. The maximum Gasteiger partial charge on any atom is 0.325 e. The molecular weight excluding hydrogens is 384 g/mol. The summed E-state index contributed by atoms with van der Waals surface area (Å²) in [7, 11) is 0. The first-order valence-corrected chi connectivity index (χ1v) is 8.69.